The van der Waals surface area contributed by atoms with Gasteiger partial charge in [-0.25, -0.2) is 4.98 Å². The van der Waals surface area contributed by atoms with Crippen LogP contribution < -0.4 is 9.64 Å². The molecular weight excluding hydrogens is 422 g/mol. The third-order valence-corrected chi connectivity index (χ3v) is 7.05. The molecule has 4 rings (SSSR count). The normalized spacial score (nSPS) is 14.1. The maximum atomic E-state index is 12.7. The van der Waals surface area contributed by atoms with Crippen LogP contribution in [0.3, 0.4) is 0 Å². The molecule has 0 radical (unpaired) electrons. The Labute approximate surface area is 192 Å². The summed E-state index contributed by atoms with van der Waals surface area (Å²) in [5.41, 5.74) is 3.90. The number of Topliss-reactive ketones (excluding diaryl/α,β-unsaturated/α-hetero) is 1. The number of carbonyl (C=O) groups excluding carboxylic acids is 2. The van der Waals surface area contributed by atoms with Crippen molar-refractivity contribution in [1.82, 2.24) is 9.88 Å². The highest BCUT2D eigenvalue weighted by Crippen LogP contribution is 2.30. The number of fused-ring (bicyclic) bond motifs is 1. The van der Waals surface area contributed by atoms with Crippen LogP contribution in [-0.2, 0) is 11.2 Å². The molecule has 1 aliphatic rings. The first-order valence-electron chi connectivity index (χ1n) is 11.1. The number of anilines is 1. The van der Waals surface area contributed by atoms with Crippen LogP contribution >= 0.6 is 11.3 Å². The van der Waals surface area contributed by atoms with Gasteiger partial charge in [-0.3, -0.25) is 9.59 Å². The molecule has 0 atom stereocenters. The van der Waals surface area contributed by atoms with Gasteiger partial charge in [0.25, 0.3) is 0 Å². The number of ether oxygens (including phenoxy) is 1. The third kappa shape index (κ3) is 4.78. The Morgan fingerprint density at radius 2 is 1.84 bits per heavy atom. The summed E-state index contributed by atoms with van der Waals surface area (Å²) in [6.45, 7) is 6.91. The van der Waals surface area contributed by atoms with Gasteiger partial charge in [-0.05, 0) is 43.2 Å². The monoisotopic (exact) mass is 451 g/mol. The minimum absolute atomic E-state index is 0.0292. The molecule has 0 bridgehead atoms. The standard InChI is InChI=1S/C25H29N3O3S/c1-4-18-6-7-20-23(16-18)32-25(26-20)28-13-11-27(12-14-28)24(30)10-8-21(29)19-15-17(2)5-9-22(19)31-3/h5-7,9,15-16H,4,8,10-14H2,1-3H3. The first-order chi connectivity index (χ1) is 15.5. The SMILES string of the molecule is CCc1ccc2nc(N3CCN(C(=O)CCC(=O)c4cc(C)ccc4OC)CC3)sc2c1. The molecule has 0 saturated carbocycles. The molecule has 6 nitrogen and oxygen atoms in total. The third-order valence-electron chi connectivity index (χ3n) is 5.97. The van der Waals surface area contributed by atoms with Crippen molar-refractivity contribution in [3.8, 4) is 5.75 Å². The molecule has 32 heavy (non-hydrogen) atoms. The number of methoxy groups -OCH3 is 1. The quantitative estimate of drug-likeness (QED) is 0.496. The minimum Gasteiger partial charge on any atom is -0.496 e. The molecule has 1 saturated heterocycles. The molecule has 1 fully saturated rings. The molecular formula is C25H29N3O3S. The van der Waals surface area contributed by atoms with Gasteiger partial charge in [0.1, 0.15) is 5.75 Å². The molecule has 0 N–H and O–H groups in total. The lowest BCUT2D eigenvalue weighted by atomic mass is 10.0. The predicted octanol–water partition coefficient (Wildman–Crippen LogP) is 4.49. The van der Waals surface area contributed by atoms with Crippen molar-refractivity contribution in [2.75, 3.05) is 38.2 Å². The van der Waals surface area contributed by atoms with Crippen molar-refractivity contribution in [1.29, 1.82) is 0 Å². The smallest absolute Gasteiger partial charge is 0.223 e. The number of piperazine rings is 1. The van der Waals surface area contributed by atoms with Gasteiger partial charge in [0.15, 0.2) is 10.9 Å². The number of aromatic nitrogens is 1. The largest absolute Gasteiger partial charge is 0.496 e. The zero-order valence-corrected chi connectivity index (χ0v) is 19.7. The number of carbonyl (C=O) groups is 2. The average Bonchev–Trinajstić information content (AvgIpc) is 3.25. The fraction of sp³-hybridized carbons (Fsp3) is 0.400. The van der Waals surface area contributed by atoms with Gasteiger partial charge < -0.3 is 14.5 Å². The van der Waals surface area contributed by atoms with Gasteiger partial charge in [-0.2, -0.15) is 0 Å². The second kappa shape index (κ2) is 9.69. The second-order valence-corrected chi connectivity index (χ2v) is 9.16. The molecule has 1 aromatic heterocycles. The van der Waals surface area contributed by atoms with Gasteiger partial charge in [0, 0.05) is 39.0 Å². The fourth-order valence-corrected chi connectivity index (χ4v) is 5.09. The van der Waals surface area contributed by atoms with Crippen molar-refractivity contribution < 1.29 is 14.3 Å². The number of thiazole rings is 1. The summed E-state index contributed by atoms with van der Waals surface area (Å²) in [6, 6.07) is 12.0. The average molecular weight is 452 g/mol. The lowest BCUT2D eigenvalue weighted by Crippen LogP contribution is -2.48. The molecule has 2 aromatic carbocycles. The van der Waals surface area contributed by atoms with Crippen LogP contribution in [-0.4, -0.2) is 54.9 Å². The highest BCUT2D eigenvalue weighted by molar-refractivity contribution is 7.22. The van der Waals surface area contributed by atoms with Crippen LogP contribution in [0.5, 0.6) is 5.75 Å². The number of ketones is 1. The molecule has 3 aromatic rings. The van der Waals surface area contributed by atoms with Crippen molar-refractivity contribution in [3.63, 3.8) is 0 Å². The van der Waals surface area contributed by atoms with E-state index in [1.807, 2.05) is 24.0 Å². The van der Waals surface area contributed by atoms with Gasteiger partial charge >= 0.3 is 0 Å². The van der Waals surface area contributed by atoms with Crippen LogP contribution in [0.4, 0.5) is 5.13 Å². The van der Waals surface area contributed by atoms with E-state index in [9.17, 15) is 9.59 Å². The van der Waals surface area contributed by atoms with Crippen molar-refractivity contribution in [2.24, 2.45) is 0 Å². The minimum atomic E-state index is -0.0570. The number of hydrogen-bond donors (Lipinski definition) is 0. The van der Waals surface area contributed by atoms with Crippen molar-refractivity contribution in [2.45, 2.75) is 33.1 Å². The Bertz CT molecular complexity index is 1130. The number of amides is 1. The first kappa shape index (κ1) is 22.3. The summed E-state index contributed by atoms with van der Waals surface area (Å²) < 4.78 is 6.52. The maximum Gasteiger partial charge on any atom is 0.223 e. The molecule has 0 aliphatic carbocycles. The number of nitrogens with zero attached hydrogens (tertiary/aromatic N) is 3. The molecule has 1 amide bonds. The predicted molar refractivity (Wildman–Crippen MR) is 129 cm³/mol. The van der Waals surface area contributed by atoms with E-state index in [0.29, 0.717) is 24.4 Å². The van der Waals surface area contributed by atoms with E-state index in [2.05, 4.69) is 30.0 Å². The molecule has 7 heteroatoms. The molecule has 2 heterocycles. The van der Waals surface area contributed by atoms with Crippen LogP contribution in [0.15, 0.2) is 36.4 Å². The molecule has 0 spiro atoms. The van der Waals surface area contributed by atoms with Crippen LogP contribution in [0, 0.1) is 6.92 Å². The first-order valence-corrected chi connectivity index (χ1v) is 11.9. The molecule has 168 valence electrons. The van der Waals surface area contributed by atoms with Crippen LogP contribution in [0.25, 0.3) is 10.2 Å². The van der Waals surface area contributed by atoms with Gasteiger partial charge in [0.05, 0.1) is 22.9 Å². The fourth-order valence-electron chi connectivity index (χ4n) is 4.01. The zero-order chi connectivity index (χ0) is 22.7. The van der Waals surface area contributed by atoms with Crippen molar-refractivity contribution >= 4 is 38.4 Å². The van der Waals surface area contributed by atoms with E-state index in [1.165, 1.54) is 10.3 Å². The highest BCUT2D eigenvalue weighted by atomic mass is 32.1. The second-order valence-electron chi connectivity index (χ2n) is 8.15. The van der Waals surface area contributed by atoms with E-state index in [-0.39, 0.29) is 24.5 Å². The van der Waals surface area contributed by atoms with E-state index < -0.39 is 0 Å². The summed E-state index contributed by atoms with van der Waals surface area (Å²) in [5.74, 6) is 0.531. The zero-order valence-electron chi connectivity index (χ0n) is 18.9. The maximum absolute atomic E-state index is 12.7. The van der Waals surface area contributed by atoms with Gasteiger partial charge in [-0.15, -0.1) is 0 Å². The van der Waals surface area contributed by atoms with Gasteiger partial charge in [-0.1, -0.05) is 36.0 Å². The number of rotatable bonds is 7. The van der Waals surface area contributed by atoms with E-state index in [4.69, 9.17) is 9.72 Å². The van der Waals surface area contributed by atoms with E-state index in [0.717, 1.165) is 35.7 Å². The Hall–Kier alpha value is -2.93. The van der Waals surface area contributed by atoms with Gasteiger partial charge in [0.2, 0.25) is 5.91 Å². The summed E-state index contributed by atoms with van der Waals surface area (Å²) in [6.07, 6.45) is 1.43. The Kier molecular flexibility index (Phi) is 6.74. The summed E-state index contributed by atoms with van der Waals surface area (Å²) >= 11 is 1.71. The summed E-state index contributed by atoms with van der Waals surface area (Å²) in [7, 11) is 1.56. The lowest BCUT2D eigenvalue weighted by molar-refractivity contribution is -0.131. The topological polar surface area (TPSA) is 62.7 Å². The Morgan fingerprint density at radius 1 is 1.06 bits per heavy atom. The highest BCUT2D eigenvalue weighted by Gasteiger charge is 2.24. The van der Waals surface area contributed by atoms with Crippen LogP contribution in [0.1, 0.15) is 41.3 Å². The number of aryl methyl sites for hydroxylation is 2. The number of benzene rings is 2. The molecule has 1 aliphatic heterocycles. The number of hydrogen-bond acceptors (Lipinski definition) is 6. The summed E-state index contributed by atoms with van der Waals surface area (Å²) in [5, 5.41) is 1.02. The molecule has 0 unspecified atom stereocenters. The van der Waals surface area contributed by atoms with E-state index in [1.54, 1.807) is 24.5 Å². The van der Waals surface area contributed by atoms with Crippen molar-refractivity contribution in [3.05, 3.63) is 53.1 Å². The van der Waals surface area contributed by atoms with E-state index >= 15 is 0 Å². The Balaban J connectivity index is 1.32. The summed E-state index contributed by atoms with van der Waals surface area (Å²) in [4.78, 5) is 34.3. The Morgan fingerprint density at radius 3 is 2.56 bits per heavy atom. The van der Waals surface area contributed by atoms with Crippen LogP contribution in [0.2, 0.25) is 0 Å². The lowest BCUT2D eigenvalue weighted by Gasteiger charge is -2.34.